The van der Waals surface area contributed by atoms with Crippen molar-refractivity contribution in [2.24, 2.45) is 5.92 Å². The third kappa shape index (κ3) is 2.21. The summed E-state index contributed by atoms with van der Waals surface area (Å²) in [5, 5.41) is 9.92. The second kappa shape index (κ2) is 5.12. The average Bonchev–Trinajstić information content (AvgIpc) is 2.48. The van der Waals surface area contributed by atoms with Crippen molar-refractivity contribution in [3.8, 4) is 0 Å². The van der Waals surface area contributed by atoms with Crippen molar-refractivity contribution < 1.29 is 24.1 Å². The van der Waals surface area contributed by atoms with Crippen molar-refractivity contribution in [1.82, 2.24) is 0 Å². The van der Waals surface area contributed by atoms with E-state index in [9.17, 15) is 9.90 Å². The highest BCUT2D eigenvalue weighted by molar-refractivity contribution is 5.76. The first kappa shape index (κ1) is 13.4. The molecule has 5 nitrogen and oxygen atoms in total. The van der Waals surface area contributed by atoms with Gasteiger partial charge in [0.05, 0.1) is 12.0 Å². The van der Waals surface area contributed by atoms with Gasteiger partial charge in [0.1, 0.15) is 12.9 Å². The van der Waals surface area contributed by atoms with Gasteiger partial charge in [0.2, 0.25) is 0 Å². The van der Waals surface area contributed by atoms with Crippen molar-refractivity contribution in [1.29, 1.82) is 0 Å². The van der Waals surface area contributed by atoms with E-state index in [2.05, 4.69) is 0 Å². The molecule has 4 atom stereocenters. The van der Waals surface area contributed by atoms with Crippen molar-refractivity contribution in [2.75, 3.05) is 13.9 Å². The summed E-state index contributed by atoms with van der Waals surface area (Å²) in [5.41, 5.74) is -0.982. The molecule has 0 saturated carbocycles. The second-order valence-corrected chi connectivity index (χ2v) is 4.31. The number of esters is 1. The Morgan fingerprint density at radius 3 is 2.75 bits per heavy atom. The van der Waals surface area contributed by atoms with Gasteiger partial charge in [-0.2, -0.15) is 0 Å². The summed E-state index contributed by atoms with van der Waals surface area (Å²) in [6, 6.07) is 0. The van der Waals surface area contributed by atoms with Crippen molar-refractivity contribution in [3.05, 3.63) is 0 Å². The molecule has 0 aromatic carbocycles. The number of hydrogen-bond acceptors (Lipinski definition) is 5. The van der Waals surface area contributed by atoms with Crippen LogP contribution in [0.4, 0.5) is 0 Å². The maximum absolute atomic E-state index is 11.5. The smallest absolute Gasteiger partial charge is 0.312 e. The molecule has 5 heteroatoms. The molecule has 4 unspecified atom stereocenters. The van der Waals surface area contributed by atoms with Crippen LogP contribution in [0.5, 0.6) is 0 Å². The minimum Gasteiger partial charge on any atom is -0.453 e. The van der Waals surface area contributed by atoms with Crippen LogP contribution in [0, 0.1) is 5.92 Å². The van der Waals surface area contributed by atoms with Crippen LogP contribution < -0.4 is 0 Å². The van der Waals surface area contributed by atoms with Gasteiger partial charge in [-0.05, 0) is 20.3 Å². The normalized spacial score (nSPS) is 36.2. The van der Waals surface area contributed by atoms with Crippen LogP contribution >= 0.6 is 0 Å². The average molecular weight is 232 g/mol. The van der Waals surface area contributed by atoms with Crippen LogP contribution in [-0.2, 0) is 19.0 Å². The van der Waals surface area contributed by atoms with Gasteiger partial charge in [0.25, 0.3) is 0 Å². The molecule has 1 aliphatic rings. The number of methoxy groups -OCH3 is 1. The Bertz CT molecular complexity index is 255. The number of cyclic esters (lactones) is 1. The summed E-state index contributed by atoms with van der Waals surface area (Å²) in [6.45, 7) is 5.34. The van der Waals surface area contributed by atoms with Crippen LogP contribution in [0.25, 0.3) is 0 Å². The van der Waals surface area contributed by atoms with E-state index in [0.717, 1.165) is 0 Å². The molecule has 0 bridgehead atoms. The van der Waals surface area contributed by atoms with E-state index in [1.165, 1.54) is 7.11 Å². The summed E-state index contributed by atoms with van der Waals surface area (Å²) in [5.74, 6) is -0.725. The van der Waals surface area contributed by atoms with Crippen molar-refractivity contribution >= 4 is 5.97 Å². The molecule has 1 saturated heterocycles. The molecule has 0 aromatic rings. The zero-order valence-electron chi connectivity index (χ0n) is 10.2. The molecular weight excluding hydrogens is 212 g/mol. The van der Waals surface area contributed by atoms with E-state index >= 15 is 0 Å². The fraction of sp³-hybridized carbons (Fsp3) is 0.909. The van der Waals surface area contributed by atoms with Gasteiger partial charge in [-0.25, -0.2) is 0 Å². The number of ether oxygens (including phenoxy) is 3. The summed E-state index contributed by atoms with van der Waals surface area (Å²) in [7, 11) is 1.51. The van der Waals surface area contributed by atoms with Gasteiger partial charge in [0.15, 0.2) is 5.60 Å². The number of rotatable bonds is 5. The minimum atomic E-state index is -0.982. The lowest BCUT2D eigenvalue weighted by atomic mass is 9.87. The topological polar surface area (TPSA) is 65.0 Å². The lowest BCUT2D eigenvalue weighted by Crippen LogP contribution is -2.49. The molecule has 0 amide bonds. The Labute approximate surface area is 95.7 Å². The third-order valence-electron chi connectivity index (χ3n) is 3.13. The molecule has 0 aliphatic carbocycles. The molecule has 1 rings (SSSR count). The highest BCUT2D eigenvalue weighted by atomic mass is 16.7. The predicted molar refractivity (Wildman–Crippen MR) is 56.7 cm³/mol. The summed E-state index contributed by atoms with van der Waals surface area (Å²) in [4.78, 5) is 11.5. The van der Waals surface area contributed by atoms with E-state index in [-0.39, 0.29) is 18.7 Å². The van der Waals surface area contributed by atoms with Crippen LogP contribution in [0.3, 0.4) is 0 Å². The molecule has 94 valence electrons. The van der Waals surface area contributed by atoms with Gasteiger partial charge in [-0.3, -0.25) is 4.79 Å². The van der Waals surface area contributed by atoms with E-state index < -0.39 is 17.8 Å². The quantitative estimate of drug-likeness (QED) is 0.558. The van der Waals surface area contributed by atoms with E-state index in [1.807, 2.05) is 6.92 Å². The fourth-order valence-electron chi connectivity index (χ4n) is 2.10. The van der Waals surface area contributed by atoms with Gasteiger partial charge >= 0.3 is 5.97 Å². The molecule has 1 fully saturated rings. The van der Waals surface area contributed by atoms with Crippen LogP contribution in [0.2, 0.25) is 0 Å². The molecule has 1 heterocycles. The Balaban J connectivity index is 2.84. The number of aliphatic hydroxyl groups excluding tert-OH is 1. The van der Waals surface area contributed by atoms with Gasteiger partial charge in [-0.15, -0.1) is 0 Å². The lowest BCUT2D eigenvalue weighted by molar-refractivity contribution is -0.179. The standard InChI is InChI=1S/C11H20O5/c1-5-8(12)11(3)9(15-6-14-4)7(2)10(13)16-11/h7-9,12H,5-6H2,1-4H3. The van der Waals surface area contributed by atoms with Crippen LogP contribution in [-0.4, -0.2) is 42.8 Å². The fourth-order valence-corrected chi connectivity index (χ4v) is 2.10. The van der Waals surface area contributed by atoms with Gasteiger partial charge in [-0.1, -0.05) is 6.92 Å². The first-order chi connectivity index (χ1) is 7.47. The third-order valence-corrected chi connectivity index (χ3v) is 3.13. The molecule has 0 radical (unpaired) electrons. The Morgan fingerprint density at radius 2 is 2.25 bits per heavy atom. The number of aliphatic hydroxyl groups is 1. The number of carbonyl (C=O) groups excluding carboxylic acids is 1. The van der Waals surface area contributed by atoms with E-state index in [1.54, 1.807) is 13.8 Å². The maximum Gasteiger partial charge on any atom is 0.312 e. The predicted octanol–water partition coefficient (Wildman–Crippen LogP) is 0.698. The Kier molecular flexibility index (Phi) is 4.29. The zero-order valence-corrected chi connectivity index (χ0v) is 10.2. The SMILES string of the molecule is CCC(O)C1(C)OC(=O)C(C)C1OCOC. The molecular formula is C11H20O5. The Morgan fingerprint density at radius 1 is 1.62 bits per heavy atom. The summed E-state index contributed by atoms with van der Waals surface area (Å²) in [6.07, 6.45) is -0.707. The van der Waals surface area contributed by atoms with Crippen molar-refractivity contribution in [2.45, 2.75) is 45.0 Å². The summed E-state index contributed by atoms with van der Waals surface area (Å²) < 4.78 is 15.5. The Hall–Kier alpha value is -0.650. The minimum absolute atomic E-state index is 0.0810. The molecule has 0 spiro atoms. The van der Waals surface area contributed by atoms with Crippen molar-refractivity contribution in [3.63, 3.8) is 0 Å². The first-order valence-electron chi connectivity index (χ1n) is 5.48. The largest absolute Gasteiger partial charge is 0.453 e. The lowest BCUT2D eigenvalue weighted by Gasteiger charge is -2.33. The number of carbonyl (C=O) groups is 1. The summed E-state index contributed by atoms with van der Waals surface area (Å²) >= 11 is 0. The zero-order chi connectivity index (χ0) is 12.3. The highest BCUT2D eigenvalue weighted by Crippen LogP contribution is 2.37. The van der Waals surface area contributed by atoms with Gasteiger partial charge in [0, 0.05) is 7.11 Å². The highest BCUT2D eigenvalue weighted by Gasteiger charge is 2.55. The van der Waals surface area contributed by atoms with Crippen LogP contribution in [0.1, 0.15) is 27.2 Å². The first-order valence-corrected chi connectivity index (χ1v) is 5.48. The second-order valence-electron chi connectivity index (χ2n) is 4.31. The molecule has 1 aliphatic heterocycles. The van der Waals surface area contributed by atoms with Gasteiger partial charge < -0.3 is 19.3 Å². The van der Waals surface area contributed by atoms with Crippen LogP contribution in [0.15, 0.2) is 0 Å². The van der Waals surface area contributed by atoms with E-state index in [4.69, 9.17) is 14.2 Å². The molecule has 16 heavy (non-hydrogen) atoms. The molecule has 1 N–H and O–H groups in total. The monoisotopic (exact) mass is 232 g/mol. The number of hydrogen-bond donors (Lipinski definition) is 1. The maximum atomic E-state index is 11.5. The molecule has 0 aromatic heterocycles. The van der Waals surface area contributed by atoms with E-state index in [0.29, 0.717) is 6.42 Å².